The first-order chi connectivity index (χ1) is 19.4. The number of unbranched alkanes of at least 4 members (excludes halogenated alkanes) is 1. The zero-order valence-corrected chi connectivity index (χ0v) is 25.3. The van der Waals surface area contributed by atoms with Crippen molar-refractivity contribution in [2.75, 3.05) is 39.8 Å². The van der Waals surface area contributed by atoms with Crippen LogP contribution in [-0.4, -0.2) is 79.6 Å². The van der Waals surface area contributed by atoms with Gasteiger partial charge in [0.05, 0.1) is 26.7 Å². The number of hydrogen-bond acceptors (Lipinski definition) is 7. The number of aryl methyl sites for hydroxylation is 2. The number of benzene rings is 1. The van der Waals surface area contributed by atoms with Gasteiger partial charge in [-0.25, -0.2) is 9.97 Å². The van der Waals surface area contributed by atoms with Gasteiger partial charge in [-0.05, 0) is 63.0 Å². The fourth-order valence-electron chi connectivity index (χ4n) is 5.03. The first-order valence-corrected chi connectivity index (χ1v) is 14.7. The fourth-order valence-corrected chi connectivity index (χ4v) is 5.03. The van der Waals surface area contributed by atoms with Crippen molar-refractivity contribution in [2.24, 2.45) is 14.1 Å². The second kappa shape index (κ2) is 16.9. The Morgan fingerprint density at radius 3 is 1.62 bits per heavy atom. The topological polar surface area (TPSA) is 71.7 Å². The average molecular weight is 552 g/mol. The fraction of sp³-hybridized carbons (Fsp3) is 0.581. The number of aromatic nitrogens is 4. The SMILES string of the molecule is CCCN(CCC)CCCCN(CC(=O)OC)Cc1ccc(CN(Cc2nccn2C)Cc2nccn2C)cc1. The number of methoxy groups -OCH3 is 1. The van der Waals surface area contributed by atoms with Crippen molar-refractivity contribution in [3.8, 4) is 0 Å². The van der Waals surface area contributed by atoms with Gasteiger partial charge in [-0.1, -0.05) is 38.1 Å². The van der Waals surface area contributed by atoms with Crippen LogP contribution < -0.4 is 0 Å². The van der Waals surface area contributed by atoms with Gasteiger partial charge in [-0.2, -0.15) is 0 Å². The van der Waals surface area contributed by atoms with E-state index in [0.717, 1.165) is 76.8 Å². The zero-order chi connectivity index (χ0) is 28.7. The maximum atomic E-state index is 12.1. The van der Waals surface area contributed by atoms with Crippen molar-refractivity contribution in [3.63, 3.8) is 0 Å². The highest BCUT2D eigenvalue weighted by Crippen LogP contribution is 2.15. The van der Waals surface area contributed by atoms with Gasteiger partial charge in [-0.15, -0.1) is 0 Å². The lowest BCUT2D eigenvalue weighted by atomic mass is 10.1. The number of esters is 1. The third-order valence-electron chi connectivity index (χ3n) is 7.27. The van der Waals surface area contributed by atoms with Gasteiger partial charge >= 0.3 is 5.97 Å². The molecule has 0 radical (unpaired) electrons. The molecule has 0 atom stereocenters. The molecule has 3 aromatic rings. The maximum absolute atomic E-state index is 12.1. The molecular weight excluding hydrogens is 502 g/mol. The molecule has 0 aliphatic heterocycles. The third kappa shape index (κ3) is 10.5. The van der Waals surface area contributed by atoms with Gasteiger partial charge in [0, 0.05) is 52.0 Å². The van der Waals surface area contributed by atoms with E-state index in [1.165, 1.54) is 31.1 Å². The molecule has 0 saturated carbocycles. The molecule has 0 spiro atoms. The summed E-state index contributed by atoms with van der Waals surface area (Å²) in [4.78, 5) is 28.3. The van der Waals surface area contributed by atoms with Crippen LogP contribution in [0.4, 0.5) is 0 Å². The third-order valence-corrected chi connectivity index (χ3v) is 7.27. The second-order valence-electron chi connectivity index (χ2n) is 10.7. The average Bonchev–Trinajstić information content (AvgIpc) is 3.54. The van der Waals surface area contributed by atoms with Crippen molar-refractivity contribution in [1.29, 1.82) is 0 Å². The van der Waals surface area contributed by atoms with Gasteiger partial charge in [-0.3, -0.25) is 14.6 Å². The first-order valence-electron chi connectivity index (χ1n) is 14.7. The predicted molar refractivity (Wildman–Crippen MR) is 159 cm³/mol. The molecule has 3 rings (SSSR count). The van der Waals surface area contributed by atoms with E-state index in [0.29, 0.717) is 6.54 Å². The number of rotatable bonds is 19. The van der Waals surface area contributed by atoms with Crippen LogP contribution in [-0.2, 0) is 49.8 Å². The summed E-state index contributed by atoms with van der Waals surface area (Å²) in [5.74, 6) is 1.86. The highest BCUT2D eigenvalue weighted by atomic mass is 16.5. The van der Waals surface area contributed by atoms with E-state index >= 15 is 0 Å². The van der Waals surface area contributed by atoms with Crippen LogP contribution in [0.1, 0.15) is 62.3 Å². The summed E-state index contributed by atoms with van der Waals surface area (Å²) in [6.45, 7) is 12.1. The minimum Gasteiger partial charge on any atom is -0.468 e. The van der Waals surface area contributed by atoms with Crippen LogP contribution in [0.25, 0.3) is 0 Å². The molecule has 0 saturated heterocycles. The molecule has 2 aromatic heterocycles. The number of hydrogen-bond donors (Lipinski definition) is 0. The summed E-state index contributed by atoms with van der Waals surface area (Å²) in [5.41, 5.74) is 2.43. The van der Waals surface area contributed by atoms with Crippen LogP contribution in [0.15, 0.2) is 49.1 Å². The Morgan fingerprint density at radius 1 is 0.725 bits per heavy atom. The lowest BCUT2D eigenvalue weighted by Gasteiger charge is -2.24. The van der Waals surface area contributed by atoms with E-state index < -0.39 is 0 Å². The van der Waals surface area contributed by atoms with E-state index in [1.807, 2.05) is 38.9 Å². The maximum Gasteiger partial charge on any atom is 0.319 e. The minimum atomic E-state index is -0.186. The number of carbonyl (C=O) groups is 1. The van der Waals surface area contributed by atoms with Gasteiger partial charge in [0.15, 0.2) is 0 Å². The normalized spacial score (nSPS) is 11.7. The van der Waals surface area contributed by atoms with Gasteiger partial charge in [0.25, 0.3) is 0 Å². The summed E-state index contributed by atoms with van der Waals surface area (Å²) < 4.78 is 9.11. The van der Waals surface area contributed by atoms with E-state index in [9.17, 15) is 4.79 Å². The molecule has 9 nitrogen and oxygen atoms in total. The Balaban J connectivity index is 1.60. The van der Waals surface area contributed by atoms with Crippen LogP contribution in [0, 0.1) is 0 Å². The first kappa shape index (κ1) is 31.5. The second-order valence-corrected chi connectivity index (χ2v) is 10.7. The smallest absolute Gasteiger partial charge is 0.319 e. The minimum absolute atomic E-state index is 0.186. The molecule has 0 fully saturated rings. The van der Waals surface area contributed by atoms with Crippen molar-refractivity contribution < 1.29 is 9.53 Å². The Labute approximate surface area is 240 Å². The van der Waals surface area contributed by atoms with E-state index in [1.54, 1.807) is 0 Å². The van der Waals surface area contributed by atoms with Crippen molar-refractivity contribution in [2.45, 2.75) is 65.7 Å². The Hall–Kier alpha value is -3.01. The van der Waals surface area contributed by atoms with E-state index in [-0.39, 0.29) is 5.97 Å². The molecule has 1 aromatic carbocycles. The van der Waals surface area contributed by atoms with Gasteiger partial charge in [0.1, 0.15) is 11.6 Å². The summed E-state index contributed by atoms with van der Waals surface area (Å²) in [7, 11) is 5.52. The molecule has 9 heteroatoms. The summed E-state index contributed by atoms with van der Waals surface area (Å²) in [5, 5.41) is 0. The van der Waals surface area contributed by atoms with Crippen LogP contribution >= 0.6 is 0 Å². The van der Waals surface area contributed by atoms with Crippen molar-refractivity contribution in [1.82, 2.24) is 33.8 Å². The highest BCUT2D eigenvalue weighted by Gasteiger charge is 2.15. The monoisotopic (exact) mass is 551 g/mol. The molecule has 0 N–H and O–H groups in total. The molecule has 0 aliphatic rings. The van der Waals surface area contributed by atoms with Gasteiger partial charge in [0.2, 0.25) is 0 Å². The predicted octanol–water partition coefficient (Wildman–Crippen LogP) is 4.23. The van der Waals surface area contributed by atoms with Crippen molar-refractivity contribution in [3.05, 3.63) is 71.8 Å². The van der Waals surface area contributed by atoms with E-state index in [4.69, 9.17) is 4.74 Å². The number of nitrogens with zero attached hydrogens (tertiary/aromatic N) is 7. The molecule has 0 aliphatic carbocycles. The van der Waals surface area contributed by atoms with E-state index in [2.05, 4.69) is 71.9 Å². The molecule has 220 valence electrons. The number of carbonyl (C=O) groups excluding carboxylic acids is 1. The van der Waals surface area contributed by atoms with Crippen LogP contribution in [0.3, 0.4) is 0 Å². The quantitative estimate of drug-likeness (QED) is 0.163. The highest BCUT2D eigenvalue weighted by molar-refractivity contribution is 5.71. The number of ether oxygens (including phenoxy) is 1. The Bertz CT molecular complexity index is 1080. The Kier molecular flexibility index (Phi) is 13.4. The van der Waals surface area contributed by atoms with Crippen LogP contribution in [0.2, 0.25) is 0 Å². The standard InChI is InChI=1S/C31H49N7O2/c1-6-16-36(17-7-2)18-8-9-19-37(26-31(39)40-5)22-27-10-12-28(13-11-27)23-38(24-29-32-14-20-34(29)3)25-30-33-15-21-35(30)4/h10-15,20-21H,6-9,16-19,22-26H2,1-5H3. The van der Waals surface area contributed by atoms with Crippen LogP contribution in [0.5, 0.6) is 0 Å². The summed E-state index contributed by atoms with van der Waals surface area (Å²) >= 11 is 0. The van der Waals surface area contributed by atoms with Gasteiger partial charge < -0.3 is 18.8 Å². The number of imidazole rings is 2. The molecular formula is C31H49N7O2. The van der Waals surface area contributed by atoms with Crippen molar-refractivity contribution >= 4 is 5.97 Å². The molecule has 40 heavy (non-hydrogen) atoms. The molecule has 2 heterocycles. The lowest BCUT2D eigenvalue weighted by Crippen LogP contribution is -2.32. The lowest BCUT2D eigenvalue weighted by molar-refractivity contribution is -0.142. The largest absolute Gasteiger partial charge is 0.468 e. The Morgan fingerprint density at radius 2 is 1.20 bits per heavy atom. The summed E-state index contributed by atoms with van der Waals surface area (Å²) in [6, 6.07) is 8.76. The zero-order valence-electron chi connectivity index (χ0n) is 25.3. The molecule has 0 unspecified atom stereocenters. The molecule has 0 amide bonds. The summed E-state index contributed by atoms with van der Waals surface area (Å²) in [6.07, 6.45) is 12.2. The molecule has 0 bridgehead atoms.